The number of likely N-dealkylation sites (N-methyl/N-ethyl adjacent to an activating group) is 1. The van der Waals surface area contributed by atoms with Crippen molar-refractivity contribution in [2.45, 2.75) is 32.0 Å². The maximum atomic E-state index is 13.4. The van der Waals surface area contributed by atoms with E-state index in [1.807, 2.05) is 0 Å². The SMILES string of the molecule is CN[C@@H](CO)C(=O)C[C@@H]1C[C@H](C)CN(c2ccc(C(F)(F)F)c3ncccc23)C1. The summed E-state index contributed by atoms with van der Waals surface area (Å²) in [5.74, 6) is 0.313. The number of hydrogen-bond donors (Lipinski definition) is 2. The van der Waals surface area contributed by atoms with Gasteiger partial charge in [0.1, 0.15) is 0 Å². The number of aliphatic hydroxyl groups excluding tert-OH is 1. The summed E-state index contributed by atoms with van der Waals surface area (Å²) in [6.45, 7) is 3.11. The topological polar surface area (TPSA) is 65.5 Å². The number of Topliss-reactive ketones (excluding diaryl/α,β-unsaturated/α-hetero) is 1. The van der Waals surface area contributed by atoms with Crippen LogP contribution in [0.15, 0.2) is 30.5 Å². The van der Waals surface area contributed by atoms with Crippen molar-refractivity contribution in [2.75, 3.05) is 31.6 Å². The lowest BCUT2D eigenvalue weighted by Crippen LogP contribution is -2.43. The minimum Gasteiger partial charge on any atom is -0.394 e. The van der Waals surface area contributed by atoms with Crippen LogP contribution in [-0.2, 0) is 11.0 Å². The van der Waals surface area contributed by atoms with Crippen molar-refractivity contribution in [1.82, 2.24) is 10.3 Å². The molecule has 3 rings (SSSR count). The molecule has 1 aliphatic rings. The van der Waals surface area contributed by atoms with Crippen LogP contribution in [0.5, 0.6) is 0 Å². The van der Waals surface area contributed by atoms with Gasteiger partial charge in [-0.3, -0.25) is 9.78 Å². The van der Waals surface area contributed by atoms with Crippen LogP contribution < -0.4 is 10.2 Å². The Kier molecular flexibility index (Phi) is 6.43. The molecule has 1 aliphatic heterocycles. The van der Waals surface area contributed by atoms with E-state index in [9.17, 15) is 23.1 Å². The van der Waals surface area contributed by atoms with E-state index in [4.69, 9.17) is 0 Å². The zero-order chi connectivity index (χ0) is 21.2. The quantitative estimate of drug-likeness (QED) is 0.767. The molecule has 1 aromatic heterocycles. The van der Waals surface area contributed by atoms with Crippen LogP contribution in [0.2, 0.25) is 0 Å². The van der Waals surface area contributed by atoms with E-state index in [0.717, 1.165) is 12.5 Å². The highest BCUT2D eigenvalue weighted by Gasteiger charge is 2.35. The fraction of sp³-hybridized carbons (Fsp3) is 0.524. The maximum Gasteiger partial charge on any atom is 0.418 e. The van der Waals surface area contributed by atoms with Crippen LogP contribution in [0.4, 0.5) is 18.9 Å². The summed E-state index contributed by atoms with van der Waals surface area (Å²) in [7, 11) is 1.63. The van der Waals surface area contributed by atoms with Gasteiger partial charge in [0, 0.05) is 36.8 Å². The zero-order valence-electron chi connectivity index (χ0n) is 16.5. The number of alkyl halides is 3. The molecule has 0 radical (unpaired) electrons. The number of anilines is 1. The predicted octanol–water partition coefficient (Wildman–Crippen LogP) is 3.26. The fourth-order valence-electron chi connectivity index (χ4n) is 4.27. The summed E-state index contributed by atoms with van der Waals surface area (Å²) in [6, 6.07) is 5.31. The summed E-state index contributed by atoms with van der Waals surface area (Å²) in [4.78, 5) is 18.5. The Labute approximate surface area is 167 Å². The highest BCUT2D eigenvalue weighted by Crippen LogP contribution is 2.39. The molecule has 1 fully saturated rings. The molecule has 0 aliphatic carbocycles. The highest BCUT2D eigenvalue weighted by atomic mass is 19.4. The van der Waals surface area contributed by atoms with E-state index in [2.05, 4.69) is 22.1 Å². The number of ketones is 1. The van der Waals surface area contributed by atoms with Gasteiger partial charge >= 0.3 is 6.18 Å². The van der Waals surface area contributed by atoms with Gasteiger partial charge in [0.2, 0.25) is 0 Å². The molecule has 1 saturated heterocycles. The Morgan fingerprint density at radius 1 is 1.34 bits per heavy atom. The Bertz CT molecular complexity index is 868. The van der Waals surface area contributed by atoms with E-state index in [1.54, 1.807) is 19.2 Å². The molecule has 29 heavy (non-hydrogen) atoms. The van der Waals surface area contributed by atoms with Crippen LogP contribution in [0.25, 0.3) is 10.9 Å². The van der Waals surface area contributed by atoms with E-state index in [0.29, 0.717) is 30.6 Å². The summed E-state index contributed by atoms with van der Waals surface area (Å²) in [5.41, 5.74) is -0.0928. The van der Waals surface area contributed by atoms with Crippen molar-refractivity contribution in [1.29, 1.82) is 0 Å². The third kappa shape index (κ3) is 4.70. The molecule has 2 heterocycles. The molecule has 0 amide bonds. The van der Waals surface area contributed by atoms with E-state index in [1.165, 1.54) is 12.3 Å². The second-order valence-electron chi connectivity index (χ2n) is 7.84. The largest absolute Gasteiger partial charge is 0.418 e. The number of halogens is 3. The average molecular weight is 409 g/mol. The van der Waals surface area contributed by atoms with Gasteiger partial charge in [-0.1, -0.05) is 6.92 Å². The number of benzene rings is 1. The van der Waals surface area contributed by atoms with Gasteiger partial charge in [0.05, 0.1) is 23.7 Å². The first kappa shape index (κ1) is 21.5. The Hall–Kier alpha value is -2.19. The van der Waals surface area contributed by atoms with Gasteiger partial charge in [0.15, 0.2) is 5.78 Å². The lowest BCUT2D eigenvalue weighted by atomic mass is 9.85. The number of rotatable bonds is 6. The molecule has 0 saturated carbocycles. The molecule has 1 aromatic carbocycles. The van der Waals surface area contributed by atoms with Crippen LogP contribution >= 0.6 is 0 Å². The van der Waals surface area contributed by atoms with Crippen LogP contribution in [0, 0.1) is 11.8 Å². The van der Waals surface area contributed by atoms with Gasteiger partial charge in [-0.2, -0.15) is 13.2 Å². The normalized spacial score (nSPS) is 21.4. The molecule has 5 nitrogen and oxygen atoms in total. The van der Waals surface area contributed by atoms with E-state index in [-0.39, 0.29) is 29.7 Å². The summed E-state index contributed by atoms with van der Waals surface area (Å²) in [5, 5.41) is 12.6. The van der Waals surface area contributed by atoms with Crippen molar-refractivity contribution >= 4 is 22.4 Å². The molecule has 2 aromatic rings. The molecular weight excluding hydrogens is 383 g/mol. The first-order chi connectivity index (χ1) is 13.7. The molecule has 0 spiro atoms. The van der Waals surface area contributed by atoms with Crippen molar-refractivity contribution in [3.63, 3.8) is 0 Å². The molecule has 0 unspecified atom stereocenters. The molecule has 8 heteroatoms. The molecule has 3 atom stereocenters. The van der Waals surface area contributed by atoms with Gasteiger partial charge in [-0.05, 0) is 49.6 Å². The van der Waals surface area contributed by atoms with Gasteiger partial charge in [0.25, 0.3) is 0 Å². The first-order valence-electron chi connectivity index (χ1n) is 9.75. The molecule has 158 valence electrons. The highest BCUT2D eigenvalue weighted by molar-refractivity contribution is 5.94. The number of hydrogen-bond acceptors (Lipinski definition) is 5. The standard InChI is InChI=1S/C21H26F3N3O2/c1-13-8-14(9-19(29)17(12-28)25-2)11-27(10-13)18-6-5-16(21(22,23)24)20-15(18)4-3-7-26-20/h3-7,13-14,17,25,28H,8-12H2,1-2H3/t13-,14-,17-/m0/s1. The maximum absolute atomic E-state index is 13.4. The first-order valence-corrected chi connectivity index (χ1v) is 9.75. The van der Waals surface area contributed by atoms with Crippen molar-refractivity contribution < 1.29 is 23.1 Å². The third-order valence-corrected chi connectivity index (χ3v) is 5.55. The number of carbonyl (C=O) groups is 1. The molecular formula is C21H26F3N3O2. The fourth-order valence-corrected chi connectivity index (χ4v) is 4.27. The van der Waals surface area contributed by atoms with Crippen molar-refractivity contribution in [3.8, 4) is 0 Å². The monoisotopic (exact) mass is 409 g/mol. The second kappa shape index (κ2) is 8.67. The van der Waals surface area contributed by atoms with E-state index >= 15 is 0 Å². The van der Waals surface area contributed by atoms with Crippen LogP contribution in [0.1, 0.15) is 25.3 Å². The Balaban J connectivity index is 1.90. The predicted molar refractivity (Wildman–Crippen MR) is 106 cm³/mol. The van der Waals surface area contributed by atoms with Crippen molar-refractivity contribution in [3.05, 3.63) is 36.0 Å². The number of piperidine rings is 1. The summed E-state index contributed by atoms with van der Waals surface area (Å²) < 4.78 is 40.2. The summed E-state index contributed by atoms with van der Waals surface area (Å²) >= 11 is 0. The second-order valence-corrected chi connectivity index (χ2v) is 7.84. The lowest BCUT2D eigenvalue weighted by molar-refractivity contribution is -0.136. The molecule has 2 N–H and O–H groups in total. The number of aromatic nitrogens is 1. The third-order valence-electron chi connectivity index (χ3n) is 5.55. The zero-order valence-corrected chi connectivity index (χ0v) is 16.5. The smallest absolute Gasteiger partial charge is 0.394 e. The van der Waals surface area contributed by atoms with Crippen LogP contribution in [0.3, 0.4) is 0 Å². The number of nitrogens with one attached hydrogen (secondary N) is 1. The van der Waals surface area contributed by atoms with E-state index < -0.39 is 17.8 Å². The number of pyridine rings is 1. The van der Waals surface area contributed by atoms with Crippen LogP contribution in [-0.4, -0.2) is 48.7 Å². The van der Waals surface area contributed by atoms with Gasteiger partial charge < -0.3 is 15.3 Å². The van der Waals surface area contributed by atoms with Gasteiger partial charge in [-0.25, -0.2) is 0 Å². The summed E-state index contributed by atoms with van der Waals surface area (Å²) in [6.07, 6.45) is -1.92. The average Bonchev–Trinajstić information content (AvgIpc) is 2.66. The lowest BCUT2D eigenvalue weighted by Gasteiger charge is -2.38. The minimum absolute atomic E-state index is 0.0482. The molecule has 0 bridgehead atoms. The Morgan fingerprint density at radius 2 is 2.10 bits per heavy atom. The minimum atomic E-state index is -4.47. The van der Waals surface area contributed by atoms with Crippen molar-refractivity contribution in [2.24, 2.45) is 11.8 Å². The van der Waals surface area contributed by atoms with Gasteiger partial charge in [-0.15, -0.1) is 0 Å². The number of carbonyl (C=O) groups excluding carboxylic acids is 1. The Morgan fingerprint density at radius 3 is 2.76 bits per heavy atom. The number of fused-ring (bicyclic) bond motifs is 1. The number of aliphatic hydroxyl groups is 1. The number of nitrogens with zero attached hydrogens (tertiary/aromatic N) is 2.